The molecule has 0 spiro atoms. The first-order valence-electron chi connectivity index (χ1n) is 5.05. The zero-order chi connectivity index (χ0) is 12.1. The molecule has 17 heavy (non-hydrogen) atoms. The Kier molecular flexibility index (Phi) is 3.73. The summed E-state index contributed by atoms with van der Waals surface area (Å²) in [5, 5.41) is 4.57. The van der Waals surface area contributed by atoms with E-state index in [1.54, 1.807) is 18.2 Å². The Balaban J connectivity index is 2.06. The lowest BCUT2D eigenvalue weighted by Crippen LogP contribution is -1.91. The summed E-state index contributed by atoms with van der Waals surface area (Å²) in [4.78, 5) is 0. The predicted octanol–water partition coefficient (Wildman–Crippen LogP) is 3.93. The van der Waals surface area contributed by atoms with Crippen LogP contribution in [-0.4, -0.2) is 6.21 Å². The molecule has 0 bridgehead atoms. The first kappa shape index (κ1) is 11.6. The normalized spacial score (nSPS) is 10.7. The maximum Gasteiger partial charge on any atom is 0.123 e. The average molecular weight is 249 g/mol. The van der Waals surface area contributed by atoms with Crippen molar-refractivity contribution in [1.29, 1.82) is 0 Å². The Morgan fingerprint density at radius 3 is 2.71 bits per heavy atom. The minimum atomic E-state index is -0.285. The highest BCUT2D eigenvalue weighted by Crippen LogP contribution is 2.20. The van der Waals surface area contributed by atoms with Crippen LogP contribution in [0.15, 0.2) is 53.6 Å². The monoisotopic (exact) mass is 248 g/mol. The summed E-state index contributed by atoms with van der Waals surface area (Å²) < 4.78 is 12.9. The van der Waals surface area contributed by atoms with Gasteiger partial charge in [-0.25, -0.2) is 4.39 Å². The van der Waals surface area contributed by atoms with Crippen molar-refractivity contribution in [2.45, 2.75) is 0 Å². The Bertz CT molecular complexity index is 540. The van der Waals surface area contributed by atoms with Crippen molar-refractivity contribution in [3.05, 3.63) is 64.9 Å². The van der Waals surface area contributed by atoms with Gasteiger partial charge in [-0.1, -0.05) is 35.9 Å². The summed E-state index contributed by atoms with van der Waals surface area (Å²) in [6, 6.07) is 13.5. The number of anilines is 1. The Labute approximate surface area is 104 Å². The van der Waals surface area contributed by atoms with Crippen LogP contribution in [-0.2, 0) is 0 Å². The lowest BCUT2D eigenvalue weighted by atomic mass is 10.2. The minimum Gasteiger partial charge on any atom is -0.277 e. The molecule has 4 heteroatoms. The number of nitrogens with zero attached hydrogens (tertiary/aromatic N) is 1. The van der Waals surface area contributed by atoms with Gasteiger partial charge in [0.15, 0.2) is 0 Å². The first-order valence-corrected chi connectivity index (χ1v) is 5.43. The van der Waals surface area contributed by atoms with E-state index in [0.717, 1.165) is 0 Å². The summed E-state index contributed by atoms with van der Waals surface area (Å²) in [5.41, 5.74) is 4.19. The van der Waals surface area contributed by atoms with Gasteiger partial charge < -0.3 is 0 Å². The maximum absolute atomic E-state index is 12.9. The van der Waals surface area contributed by atoms with Crippen LogP contribution in [0.3, 0.4) is 0 Å². The number of halogens is 2. The van der Waals surface area contributed by atoms with Crippen molar-refractivity contribution < 1.29 is 4.39 Å². The van der Waals surface area contributed by atoms with Gasteiger partial charge in [-0.15, -0.1) is 0 Å². The molecular weight excluding hydrogens is 239 g/mol. The van der Waals surface area contributed by atoms with Crippen molar-refractivity contribution in [2.75, 3.05) is 5.43 Å². The highest BCUT2D eigenvalue weighted by atomic mass is 35.5. The van der Waals surface area contributed by atoms with Gasteiger partial charge in [0.25, 0.3) is 0 Å². The highest BCUT2D eigenvalue weighted by molar-refractivity contribution is 6.33. The van der Waals surface area contributed by atoms with Gasteiger partial charge in [0.05, 0.1) is 16.9 Å². The number of nitrogens with one attached hydrogen (secondary N) is 1. The summed E-state index contributed by atoms with van der Waals surface area (Å²) in [5.74, 6) is -0.285. The molecule has 0 aromatic heterocycles. The highest BCUT2D eigenvalue weighted by Gasteiger charge is 1.95. The fraction of sp³-hybridized carbons (Fsp3) is 0. The van der Waals surface area contributed by atoms with Crippen molar-refractivity contribution in [3.8, 4) is 0 Å². The van der Waals surface area contributed by atoms with Crippen molar-refractivity contribution >= 4 is 23.5 Å². The molecule has 0 atom stereocenters. The summed E-state index contributed by atoms with van der Waals surface area (Å²) in [7, 11) is 0. The van der Waals surface area contributed by atoms with E-state index < -0.39 is 0 Å². The molecule has 0 unspecified atom stereocenters. The Morgan fingerprint density at radius 1 is 1.12 bits per heavy atom. The molecule has 2 rings (SSSR count). The molecule has 0 amide bonds. The van der Waals surface area contributed by atoms with E-state index in [0.29, 0.717) is 16.3 Å². The Morgan fingerprint density at radius 2 is 1.94 bits per heavy atom. The molecule has 0 fully saturated rings. The molecule has 0 aliphatic carbocycles. The molecule has 0 aliphatic rings. The lowest BCUT2D eigenvalue weighted by Gasteiger charge is -2.01. The van der Waals surface area contributed by atoms with Gasteiger partial charge in [-0.3, -0.25) is 5.43 Å². The molecule has 2 aromatic rings. The SMILES string of the molecule is Fc1cccc(/C=N\Nc2ccccc2Cl)c1. The third kappa shape index (κ3) is 3.29. The van der Waals surface area contributed by atoms with Crippen molar-refractivity contribution in [2.24, 2.45) is 5.10 Å². The second kappa shape index (κ2) is 5.46. The van der Waals surface area contributed by atoms with E-state index in [2.05, 4.69) is 10.5 Å². The number of para-hydroxylation sites is 1. The van der Waals surface area contributed by atoms with Gasteiger partial charge in [0, 0.05) is 0 Å². The van der Waals surface area contributed by atoms with Gasteiger partial charge in [-0.2, -0.15) is 5.10 Å². The quantitative estimate of drug-likeness (QED) is 0.646. The molecule has 0 saturated carbocycles. The fourth-order valence-corrected chi connectivity index (χ4v) is 1.49. The van der Waals surface area contributed by atoms with E-state index in [1.807, 2.05) is 18.2 Å². The van der Waals surface area contributed by atoms with Gasteiger partial charge in [0.2, 0.25) is 0 Å². The summed E-state index contributed by atoms with van der Waals surface area (Å²) in [6.07, 6.45) is 1.53. The van der Waals surface area contributed by atoms with Crippen LogP contribution in [0.5, 0.6) is 0 Å². The lowest BCUT2D eigenvalue weighted by molar-refractivity contribution is 0.627. The molecule has 0 aliphatic heterocycles. The van der Waals surface area contributed by atoms with Gasteiger partial charge >= 0.3 is 0 Å². The molecule has 2 nitrogen and oxygen atoms in total. The standard InChI is InChI=1S/C13H10ClFN2/c14-12-6-1-2-7-13(12)17-16-9-10-4-3-5-11(15)8-10/h1-9,17H/b16-9-. The molecule has 86 valence electrons. The fourth-order valence-electron chi connectivity index (χ4n) is 1.32. The van der Waals surface area contributed by atoms with E-state index in [-0.39, 0.29) is 5.82 Å². The molecule has 0 heterocycles. The van der Waals surface area contributed by atoms with Crippen LogP contribution in [0.25, 0.3) is 0 Å². The second-order valence-electron chi connectivity index (χ2n) is 3.40. The zero-order valence-corrected chi connectivity index (χ0v) is 9.66. The smallest absolute Gasteiger partial charge is 0.123 e. The number of hydrogen-bond acceptors (Lipinski definition) is 2. The summed E-state index contributed by atoms with van der Waals surface area (Å²) >= 11 is 5.93. The Hall–Kier alpha value is -1.87. The van der Waals surface area contributed by atoms with Crippen LogP contribution < -0.4 is 5.43 Å². The number of rotatable bonds is 3. The van der Waals surface area contributed by atoms with E-state index in [4.69, 9.17) is 11.6 Å². The number of hydrazone groups is 1. The average Bonchev–Trinajstić information content (AvgIpc) is 2.32. The molecular formula is C13H10ClFN2. The van der Waals surface area contributed by atoms with Crippen LogP contribution >= 0.6 is 11.6 Å². The molecule has 2 aromatic carbocycles. The van der Waals surface area contributed by atoms with Crippen LogP contribution in [0, 0.1) is 5.82 Å². The molecule has 1 N–H and O–H groups in total. The zero-order valence-electron chi connectivity index (χ0n) is 8.90. The van der Waals surface area contributed by atoms with Crippen LogP contribution in [0.2, 0.25) is 5.02 Å². The minimum absolute atomic E-state index is 0.285. The van der Waals surface area contributed by atoms with E-state index >= 15 is 0 Å². The van der Waals surface area contributed by atoms with Gasteiger partial charge in [-0.05, 0) is 29.8 Å². The molecule has 0 saturated heterocycles. The largest absolute Gasteiger partial charge is 0.277 e. The van der Waals surface area contributed by atoms with Crippen molar-refractivity contribution in [3.63, 3.8) is 0 Å². The van der Waals surface area contributed by atoms with E-state index in [9.17, 15) is 4.39 Å². The molecule has 0 radical (unpaired) electrons. The first-order chi connectivity index (χ1) is 8.25. The topological polar surface area (TPSA) is 24.4 Å². The van der Waals surface area contributed by atoms with E-state index in [1.165, 1.54) is 18.3 Å². The number of hydrogen-bond donors (Lipinski definition) is 1. The maximum atomic E-state index is 12.9. The third-order valence-electron chi connectivity index (χ3n) is 2.12. The van der Waals surface area contributed by atoms with Crippen LogP contribution in [0.4, 0.5) is 10.1 Å². The van der Waals surface area contributed by atoms with Crippen LogP contribution in [0.1, 0.15) is 5.56 Å². The van der Waals surface area contributed by atoms with Crippen molar-refractivity contribution in [1.82, 2.24) is 0 Å². The third-order valence-corrected chi connectivity index (χ3v) is 2.45. The predicted molar refractivity (Wildman–Crippen MR) is 69.1 cm³/mol. The van der Waals surface area contributed by atoms with Gasteiger partial charge in [0.1, 0.15) is 5.82 Å². The second-order valence-corrected chi connectivity index (χ2v) is 3.81. The summed E-state index contributed by atoms with van der Waals surface area (Å²) in [6.45, 7) is 0. The number of benzene rings is 2.